The molecule has 1 aliphatic rings. The van der Waals surface area contributed by atoms with Gasteiger partial charge in [0.2, 0.25) is 0 Å². The normalized spacial score (nSPS) is 14.1. The van der Waals surface area contributed by atoms with Crippen LogP contribution >= 0.6 is 11.6 Å². The molecule has 1 fully saturated rings. The van der Waals surface area contributed by atoms with Gasteiger partial charge in [-0.15, -0.1) is 13.2 Å². The number of amides is 3. The maximum absolute atomic E-state index is 13.4. The first-order valence-corrected chi connectivity index (χ1v) is 11.6. The fourth-order valence-corrected chi connectivity index (χ4v) is 4.26. The van der Waals surface area contributed by atoms with E-state index in [1.54, 1.807) is 52.3 Å². The first-order valence-electron chi connectivity index (χ1n) is 11.2. The zero-order valence-corrected chi connectivity index (χ0v) is 20.1. The third-order valence-corrected chi connectivity index (χ3v) is 5.96. The van der Waals surface area contributed by atoms with Crippen LogP contribution in [-0.4, -0.2) is 36.3 Å². The Labute approximate surface area is 211 Å². The van der Waals surface area contributed by atoms with Crippen LogP contribution < -0.4 is 15.0 Å². The van der Waals surface area contributed by atoms with Crippen LogP contribution in [-0.2, 0) is 6.54 Å². The molecule has 0 radical (unpaired) electrons. The SMILES string of the molecule is Cc1ccc(N2CCCN(Cc3cccc(OC(F)(F)F)c3)C2=O)c(NC(=O)c2ccccc2Cl)c1. The second kappa shape index (κ2) is 10.5. The molecule has 0 aliphatic carbocycles. The number of hydrogen-bond donors (Lipinski definition) is 1. The van der Waals surface area contributed by atoms with E-state index in [0.29, 0.717) is 47.0 Å². The van der Waals surface area contributed by atoms with E-state index < -0.39 is 12.3 Å². The van der Waals surface area contributed by atoms with Crippen molar-refractivity contribution in [3.8, 4) is 5.75 Å². The van der Waals surface area contributed by atoms with Crippen LogP contribution in [0.4, 0.5) is 29.3 Å². The van der Waals surface area contributed by atoms with Crippen molar-refractivity contribution in [2.75, 3.05) is 23.3 Å². The number of hydrogen-bond acceptors (Lipinski definition) is 3. The molecule has 3 amide bonds. The van der Waals surface area contributed by atoms with Crippen molar-refractivity contribution < 1.29 is 27.5 Å². The van der Waals surface area contributed by atoms with Crippen LogP contribution in [0, 0.1) is 6.92 Å². The first-order chi connectivity index (χ1) is 17.1. The zero-order chi connectivity index (χ0) is 25.9. The Morgan fingerprint density at radius 1 is 1.06 bits per heavy atom. The second-order valence-electron chi connectivity index (χ2n) is 8.36. The molecule has 6 nitrogen and oxygen atoms in total. The van der Waals surface area contributed by atoms with E-state index >= 15 is 0 Å². The third-order valence-electron chi connectivity index (χ3n) is 5.63. The molecule has 0 spiro atoms. The maximum atomic E-state index is 13.4. The van der Waals surface area contributed by atoms with E-state index in [1.807, 2.05) is 13.0 Å². The molecular formula is C26H23ClF3N3O3. The molecule has 10 heteroatoms. The van der Waals surface area contributed by atoms with Gasteiger partial charge in [-0.05, 0) is 60.9 Å². The molecule has 1 aliphatic heterocycles. The summed E-state index contributed by atoms with van der Waals surface area (Å²) in [5, 5.41) is 3.17. The largest absolute Gasteiger partial charge is 0.573 e. The van der Waals surface area contributed by atoms with Crippen molar-refractivity contribution in [2.24, 2.45) is 0 Å². The van der Waals surface area contributed by atoms with Crippen molar-refractivity contribution in [1.82, 2.24) is 4.90 Å². The van der Waals surface area contributed by atoms with E-state index in [4.69, 9.17) is 11.6 Å². The Morgan fingerprint density at radius 2 is 1.83 bits per heavy atom. The molecule has 0 atom stereocenters. The molecule has 1 saturated heterocycles. The van der Waals surface area contributed by atoms with Gasteiger partial charge < -0.3 is 15.0 Å². The van der Waals surface area contributed by atoms with Gasteiger partial charge in [-0.1, -0.05) is 41.9 Å². The summed E-state index contributed by atoms with van der Waals surface area (Å²) in [6.07, 6.45) is -4.16. The number of halogens is 4. The summed E-state index contributed by atoms with van der Waals surface area (Å²) in [5.41, 5.74) is 2.67. The van der Waals surface area contributed by atoms with Crippen molar-refractivity contribution in [3.63, 3.8) is 0 Å². The van der Waals surface area contributed by atoms with Crippen molar-refractivity contribution in [3.05, 3.63) is 88.4 Å². The second-order valence-corrected chi connectivity index (χ2v) is 8.77. The molecule has 0 saturated carbocycles. The third kappa shape index (κ3) is 6.09. The highest BCUT2D eigenvalue weighted by Crippen LogP contribution is 2.32. The number of nitrogens with one attached hydrogen (secondary N) is 1. The molecule has 1 N–H and O–H groups in total. The summed E-state index contributed by atoms with van der Waals surface area (Å²) in [7, 11) is 0. The molecule has 0 aromatic heterocycles. The van der Waals surface area contributed by atoms with Crippen molar-refractivity contribution in [1.29, 1.82) is 0 Å². The fraction of sp³-hybridized carbons (Fsp3) is 0.231. The lowest BCUT2D eigenvalue weighted by molar-refractivity contribution is -0.274. The predicted molar refractivity (Wildman–Crippen MR) is 131 cm³/mol. The lowest BCUT2D eigenvalue weighted by atomic mass is 10.1. The van der Waals surface area contributed by atoms with Crippen LogP contribution in [0.1, 0.15) is 27.9 Å². The highest BCUT2D eigenvalue weighted by atomic mass is 35.5. The average molecular weight is 518 g/mol. The standard InChI is InChI=1S/C26H23ClF3N3O3/c1-17-10-11-23(22(14-17)31-24(34)20-8-2-3-9-21(20)27)33-13-5-12-32(25(33)35)16-18-6-4-7-19(15-18)36-26(28,29)30/h2-4,6-11,14-15H,5,12-13,16H2,1H3,(H,31,34). The number of benzene rings is 3. The molecule has 36 heavy (non-hydrogen) atoms. The highest BCUT2D eigenvalue weighted by Gasteiger charge is 2.32. The summed E-state index contributed by atoms with van der Waals surface area (Å²) in [5.74, 6) is -0.750. The van der Waals surface area contributed by atoms with Crippen LogP contribution in [0.5, 0.6) is 5.75 Å². The zero-order valence-electron chi connectivity index (χ0n) is 19.3. The lowest BCUT2D eigenvalue weighted by Crippen LogP contribution is -2.49. The minimum Gasteiger partial charge on any atom is -0.406 e. The summed E-state index contributed by atoms with van der Waals surface area (Å²) < 4.78 is 41.8. The molecule has 3 aromatic rings. The van der Waals surface area contributed by atoms with E-state index in [2.05, 4.69) is 10.1 Å². The van der Waals surface area contributed by atoms with E-state index in [9.17, 15) is 22.8 Å². The van der Waals surface area contributed by atoms with E-state index in [0.717, 1.165) is 5.56 Å². The monoisotopic (exact) mass is 517 g/mol. The fourth-order valence-electron chi connectivity index (χ4n) is 4.03. The molecular weight excluding hydrogens is 495 g/mol. The van der Waals surface area contributed by atoms with Gasteiger partial charge >= 0.3 is 12.4 Å². The summed E-state index contributed by atoms with van der Waals surface area (Å²) in [6, 6.07) is 17.3. The molecule has 1 heterocycles. The van der Waals surface area contributed by atoms with E-state index in [1.165, 1.54) is 18.2 Å². The van der Waals surface area contributed by atoms with Crippen LogP contribution in [0.2, 0.25) is 5.02 Å². The number of urea groups is 1. The minimum atomic E-state index is -4.80. The number of rotatable bonds is 6. The van der Waals surface area contributed by atoms with Gasteiger partial charge in [-0.25, -0.2) is 4.79 Å². The van der Waals surface area contributed by atoms with Gasteiger partial charge in [0.05, 0.1) is 22.0 Å². The van der Waals surface area contributed by atoms with Gasteiger partial charge in [0.1, 0.15) is 5.75 Å². The predicted octanol–water partition coefficient (Wildman–Crippen LogP) is 6.63. The molecule has 3 aromatic carbocycles. The molecule has 188 valence electrons. The van der Waals surface area contributed by atoms with E-state index in [-0.39, 0.29) is 18.3 Å². The quantitative estimate of drug-likeness (QED) is 0.399. The van der Waals surface area contributed by atoms with Gasteiger partial charge in [-0.2, -0.15) is 0 Å². The molecule has 0 unspecified atom stereocenters. The Hall–Kier alpha value is -3.72. The Morgan fingerprint density at radius 3 is 2.58 bits per heavy atom. The minimum absolute atomic E-state index is 0.109. The number of ether oxygens (including phenoxy) is 1. The summed E-state index contributed by atoms with van der Waals surface area (Å²) in [6.45, 7) is 2.84. The maximum Gasteiger partial charge on any atom is 0.573 e. The molecule has 0 bridgehead atoms. The van der Waals surface area contributed by atoms with Crippen molar-refractivity contribution in [2.45, 2.75) is 26.3 Å². The summed E-state index contributed by atoms with van der Waals surface area (Å²) >= 11 is 6.17. The first kappa shape index (κ1) is 25.4. The Balaban J connectivity index is 1.55. The van der Waals surface area contributed by atoms with Crippen molar-refractivity contribution >= 4 is 34.9 Å². The number of alkyl halides is 3. The van der Waals surface area contributed by atoms with Gasteiger partial charge in [0.25, 0.3) is 5.91 Å². The number of nitrogens with zero attached hydrogens (tertiary/aromatic N) is 2. The van der Waals surface area contributed by atoms with Crippen LogP contribution in [0.3, 0.4) is 0 Å². The van der Waals surface area contributed by atoms with Gasteiger partial charge in [0, 0.05) is 19.6 Å². The molecule has 4 rings (SSSR count). The Bertz CT molecular complexity index is 1280. The number of anilines is 2. The smallest absolute Gasteiger partial charge is 0.406 e. The van der Waals surface area contributed by atoms with Crippen LogP contribution in [0.15, 0.2) is 66.7 Å². The topological polar surface area (TPSA) is 61.9 Å². The number of carbonyl (C=O) groups excluding carboxylic acids is 2. The van der Waals surface area contributed by atoms with Gasteiger partial charge in [-0.3, -0.25) is 9.69 Å². The number of aryl methyl sites for hydroxylation is 1. The summed E-state index contributed by atoms with van der Waals surface area (Å²) in [4.78, 5) is 29.4. The van der Waals surface area contributed by atoms with Crippen LogP contribution in [0.25, 0.3) is 0 Å². The highest BCUT2D eigenvalue weighted by molar-refractivity contribution is 6.34. The lowest BCUT2D eigenvalue weighted by Gasteiger charge is -2.36. The Kier molecular flexibility index (Phi) is 7.40. The average Bonchev–Trinajstić information content (AvgIpc) is 2.80. The number of carbonyl (C=O) groups is 2. The van der Waals surface area contributed by atoms with Gasteiger partial charge in [0.15, 0.2) is 0 Å².